The second-order valence-corrected chi connectivity index (χ2v) is 4.61. The van der Waals surface area contributed by atoms with E-state index in [1.807, 2.05) is 24.3 Å². The molecule has 88 valence electrons. The molecule has 1 fully saturated rings. The highest BCUT2D eigenvalue weighted by molar-refractivity contribution is 6.30. The van der Waals surface area contributed by atoms with E-state index >= 15 is 0 Å². The van der Waals surface area contributed by atoms with Crippen molar-refractivity contribution >= 4 is 11.6 Å². The summed E-state index contributed by atoms with van der Waals surface area (Å²) < 4.78 is 5.49. The Morgan fingerprint density at radius 2 is 2.12 bits per heavy atom. The van der Waals surface area contributed by atoms with Gasteiger partial charge in [-0.25, -0.2) is 0 Å². The Kier molecular flexibility index (Phi) is 4.18. The van der Waals surface area contributed by atoms with E-state index in [2.05, 4.69) is 5.43 Å². The Balaban J connectivity index is 2.11. The second kappa shape index (κ2) is 5.64. The molecule has 1 aliphatic heterocycles. The minimum atomic E-state index is 0.151. The van der Waals surface area contributed by atoms with Crippen molar-refractivity contribution in [2.75, 3.05) is 13.2 Å². The molecule has 0 spiro atoms. The number of benzene rings is 1. The molecule has 0 amide bonds. The summed E-state index contributed by atoms with van der Waals surface area (Å²) in [5.41, 5.74) is 4.05. The number of hydrazine groups is 1. The fourth-order valence-corrected chi connectivity index (χ4v) is 2.33. The van der Waals surface area contributed by atoms with Crippen LogP contribution in [0, 0.1) is 5.92 Å². The Morgan fingerprint density at radius 1 is 1.38 bits per heavy atom. The molecular formula is C12H17ClN2O. The average Bonchev–Trinajstić information content (AvgIpc) is 2.34. The Morgan fingerprint density at radius 3 is 2.69 bits per heavy atom. The largest absolute Gasteiger partial charge is 0.381 e. The van der Waals surface area contributed by atoms with Gasteiger partial charge in [-0.3, -0.25) is 11.3 Å². The number of nitrogens with one attached hydrogen (secondary N) is 1. The molecule has 3 nitrogen and oxygen atoms in total. The van der Waals surface area contributed by atoms with Crippen LogP contribution in [0.2, 0.25) is 5.02 Å². The van der Waals surface area contributed by atoms with E-state index in [-0.39, 0.29) is 6.04 Å². The van der Waals surface area contributed by atoms with E-state index in [9.17, 15) is 0 Å². The number of ether oxygens (including phenoxy) is 1. The molecule has 1 aromatic carbocycles. The minimum Gasteiger partial charge on any atom is -0.381 e. The lowest BCUT2D eigenvalue weighted by atomic mass is 9.89. The summed E-state index contributed by atoms with van der Waals surface area (Å²) in [5.74, 6) is 6.08. The van der Waals surface area contributed by atoms with Crippen LogP contribution in [-0.2, 0) is 4.74 Å². The SMILES string of the molecule is NNC(c1ccc(Cl)cc1)C1CCCOC1. The molecule has 1 saturated heterocycles. The van der Waals surface area contributed by atoms with Crippen LogP contribution in [0.5, 0.6) is 0 Å². The van der Waals surface area contributed by atoms with Gasteiger partial charge in [-0.05, 0) is 30.5 Å². The predicted octanol–water partition coefficient (Wildman–Crippen LogP) is 2.27. The van der Waals surface area contributed by atoms with E-state index in [0.717, 1.165) is 31.1 Å². The zero-order valence-electron chi connectivity index (χ0n) is 9.16. The maximum atomic E-state index is 5.87. The van der Waals surface area contributed by atoms with Crippen molar-refractivity contribution in [2.24, 2.45) is 11.8 Å². The maximum Gasteiger partial charge on any atom is 0.0513 e. The maximum absolute atomic E-state index is 5.87. The summed E-state index contributed by atoms with van der Waals surface area (Å²) in [6, 6.07) is 7.97. The van der Waals surface area contributed by atoms with Gasteiger partial charge in [0.15, 0.2) is 0 Å². The Bertz CT molecular complexity index is 322. The van der Waals surface area contributed by atoms with Gasteiger partial charge < -0.3 is 4.74 Å². The zero-order chi connectivity index (χ0) is 11.4. The van der Waals surface area contributed by atoms with Crippen molar-refractivity contribution in [3.8, 4) is 0 Å². The van der Waals surface area contributed by atoms with Gasteiger partial charge in [0.05, 0.1) is 12.6 Å². The third-order valence-corrected chi connectivity index (χ3v) is 3.33. The topological polar surface area (TPSA) is 47.3 Å². The molecule has 4 heteroatoms. The zero-order valence-corrected chi connectivity index (χ0v) is 9.91. The molecule has 3 N–H and O–H groups in total. The highest BCUT2D eigenvalue weighted by Gasteiger charge is 2.24. The normalized spacial score (nSPS) is 23.0. The monoisotopic (exact) mass is 240 g/mol. The predicted molar refractivity (Wildman–Crippen MR) is 65.1 cm³/mol. The third kappa shape index (κ3) is 2.74. The number of hydrogen-bond acceptors (Lipinski definition) is 3. The fraction of sp³-hybridized carbons (Fsp3) is 0.500. The van der Waals surface area contributed by atoms with Crippen LogP contribution in [0.3, 0.4) is 0 Å². The Labute approximate surface area is 101 Å². The molecule has 0 aromatic heterocycles. The molecule has 1 heterocycles. The van der Waals surface area contributed by atoms with Crippen LogP contribution in [0.25, 0.3) is 0 Å². The summed E-state index contributed by atoms with van der Waals surface area (Å²) in [6.45, 7) is 1.64. The van der Waals surface area contributed by atoms with Crippen molar-refractivity contribution in [2.45, 2.75) is 18.9 Å². The van der Waals surface area contributed by atoms with Gasteiger partial charge in [-0.15, -0.1) is 0 Å². The lowest BCUT2D eigenvalue weighted by Crippen LogP contribution is -2.37. The second-order valence-electron chi connectivity index (χ2n) is 4.17. The summed E-state index contributed by atoms with van der Waals surface area (Å²) in [4.78, 5) is 0. The van der Waals surface area contributed by atoms with Crippen molar-refractivity contribution in [3.63, 3.8) is 0 Å². The smallest absolute Gasteiger partial charge is 0.0513 e. The third-order valence-electron chi connectivity index (χ3n) is 3.08. The van der Waals surface area contributed by atoms with Gasteiger partial charge in [-0.2, -0.15) is 0 Å². The number of halogens is 1. The van der Waals surface area contributed by atoms with Crippen molar-refractivity contribution in [1.82, 2.24) is 5.43 Å². The van der Waals surface area contributed by atoms with Crippen LogP contribution in [-0.4, -0.2) is 13.2 Å². The standard InChI is InChI=1S/C12H17ClN2O/c13-11-5-3-9(4-6-11)12(15-14)10-2-1-7-16-8-10/h3-6,10,12,15H,1-2,7-8,14H2. The van der Waals surface area contributed by atoms with Gasteiger partial charge in [-0.1, -0.05) is 23.7 Å². The van der Waals surface area contributed by atoms with Crippen LogP contribution < -0.4 is 11.3 Å². The van der Waals surface area contributed by atoms with Crippen LogP contribution in [0.1, 0.15) is 24.4 Å². The van der Waals surface area contributed by atoms with Gasteiger partial charge >= 0.3 is 0 Å². The van der Waals surface area contributed by atoms with E-state index in [0.29, 0.717) is 5.92 Å². The molecular weight excluding hydrogens is 224 g/mol. The first-order valence-electron chi connectivity index (χ1n) is 5.60. The van der Waals surface area contributed by atoms with E-state index < -0.39 is 0 Å². The molecule has 0 saturated carbocycles. The number of rotatable bonds is 3. The molecule has 2 atom stereocenters. The van der Waals surface area contributed by atoms with Crippen LogP contribution >= 0.6 is 11.6 Å². The Hall–Kier alpha value is -0.610. The average molecular weight is 241 g/mol. The summed E-state index contributed by atoms with van der Waals surface area (Å²) in [6.07, 6.45) is 2.26. The van der Waals surface area contributed by atoms with Gasteiger partial charge in [0.1, 0.15) is 0 Å². The summed E-state index contributed by atoms with van der Waals surface area (Å²) in [7, 11) is 0. The summed E-state index contributed by atoms with van der Waals surface area (Å²) in [5, 5.41) is 0.749. The molecule has 1 aromatic rings. The molecule has 16 heavy (non-hydrogen) atoms. The quantitative estimate of drug-likeness (QED) is 0.630. The first-order chi connectivity index (χ1) is 7.81. The van der Waals surface area contributed by atoms with Crippen LogP contribution in [0.15, 0.2) is 24.3 Å². The number of nitrogens with two attached hydrogens (primary N) is 1. The first-order valence-corrected chi connectivity index (χ1v) is 5.98. The lowest BCUT2D eigenvalue weighted by Gasteiger charge is -2.30. The van der Waals surface area contributed by atoms with Crippen molar-refractivity contribution in [1.29, 1.82) is 0 Å². The molecule has 1 aliphatic rings. The first kappa shape index (κ1) is 11.9. The number of hydrogen-bond donors (Lipinski definition) is 2. The van der Waals surface area contributed by atoms with Gasteiger partial charge in [0, 0.05) is 17.5 Å². The molecule has 2 unspecified atom stereocenters. The lowest BCUT2D eigenvalue weighted by molar-refractivity contribution is 0.0390. The molecule has 0 radical (unpaired) electrons. The highest BCUT2D eigenvalue weighted by atomic mass is 35.5. The highest BCUT2D eigenvalue weighted by Crippen LogP contribution is 2.28. The van der Waals surface area contributed by atoms with E-state index in [1.54, 1.807) is 0 Å². The fourth-order valence-electron chi connectivity index (χ4n) is 2.20. The molecule has 0 aliphatic carbocycles. The van der Waals surface area contributed by atoms with E-state index in [4.69, 9.17) is 22.2 Å². The van der Waals surface area contributed by atoms with Crippen molar-refractivity contribution < 1.29 is 4.74 Å². The van der Waals surface area contributed by atoms with Gasteiger partial charge in [0.2, 0.25) is 0 Å². The van der Waals surface area contributed by atoms with Gasteiger partial charge in [0.25, 0.3) is 0 Å². The van der Waals surface area contributed by atoms with E-state index in [1.165, 1.54) is 5.56 Å². The summed E-state index contributed by atoms with van der Waals surface area (Å²) >= 11 is 5.87. The minimum absolute atomic E-state index is 0.151. The van der Waals surface area contributed by atoms with Crippen LogP contribution in [0.4, 0.5) is 0 Å². The molecule has 2 rings (SSSR count). The molecule has 0 bridgehead atoms. The van der Waals surface area contributed by atoms with Crippen molar-refractivity contribution in [3.05, 3.63) is 34.9 Å².